The highest BCUT2D eigenvalue weighted by Crippen LogP contribution is 2.24. The van der Waals surface area contributed by atoms with Crippen LogP contribution in [0.5, 0.6) is 0 Å². The molecule has 1 amide bonds. The molecule has 0 aliphatic heterocycles. The van der Waals surface area contributed by atoms with Gasteiger partial charge < -0.3 is 10.6 Å². The van der Waals surface area contributed by atoms with Crippen molar-refractivity contribution in [3.8, 4) is 5.82 Å². The molecule has 8 nitrogen and oxygen atoms in total. The average Bonchev–Trinajstić information content (AvgIpc) is 3.13. The van der Waals surface area contributed by atoms with E-state index < -0.39 is 0 Å². The van der Waals surface area contributed by atoms with Gasteiger partial charge in [0.15, 0.2) is 11.5 Å². The summed E-state index contributed by atoms with van der Waals surface area (Å²) >= 11 is 0. The minimum Gasteiger partial charge on any atom is -0.355 e. The molecular weight excluding hydrogens is 330 g/mol. The molecule has 0 atom stereocenters. The largest absolute Gasteiger partial charge is 0.355 e. The first-order valence-electron chi connectivity index (χ1n) is 7.95. The number of hydrogen-bond acceptors (Lipinski definition) is 6. The molecule has 0 unspecified atom stereocenters. The normalized spacial score (nSPS) is 10.7. The predicted octanol–water partition coefficient (Wildman–Crippen LogP) is 2.31. The maximum atomic E-state index is 11.8. The highest BCUT2D eigenvalue weighted by molar-refractivity contribution is 5.95. The molecule has 26 heavy (non-hydrogen) atoms. The van der Waals surface area contributed by atoms with E-state index in [0.29, 0.717) is 22.8 Å². The van der Waals surface area contributed by atoms with Gasteiger partial charge in [0.25, 0.3) is 5.91 Å². The van der Waals surface area contributed by atoms with Crippen LogP contribution in [0.4, 0.5) is 11.5 Å². The first-order valence-corrected chi connectivity index (χ1v) is 7.95. The van der Waals surface area contributed by atoms with Gasteiger partial charge in [0.05, 0.1) is 11.6 Å². The smallest absolute Gasteiger partial charge is 0.251 e. The van der Waals surface area contributed by atoms with Crippen LogP contribution in [0.1, 0.15) is 10.4 Å². The fourth-order valence-corrected chi connectivity index (χ4v) is 2.61. The van der Waals surface area contributed by atoms with Gasteiger partial charge in [-0.05, 0) is 30.3 Å². The number of benzene rings is 1. The zero-order valence-corrected chi connectivity index (χ0v) is 13.9. The Bertz CT molecular complexity index is 1080. The molecule has 0 radical (unpaired) electrons. The Balaban J connectivity index is 1.72. The van der Waals surface area contributed by atoms with E-state index in [4.69, 9.17) is 0 Å². The summed E-state index contributed by atoms with van der Waals surface area (Å²) in [7, 11) is 1.60. The van der Waals surface area contributed by atoms with Gasteiger partial charge >= 0.3 is 0 Å². The SMILES string of the molecule is CNC(=O)c1cccc(Nc2ncnc3c2cnn3-c2ccccn2)c1. The molecule has 3 heterocycles. The van der Waals surface area contributed by atoms with Crippen LogP contribution in [-0.2, 0) is 0 Å². The van der Waals surface area contributed by atoms with Crippen LogP contribution >= 0.6 is 0 Å². The number of carbonyl (C=O) groups excluding carboxylic acids is 1. The van der Waals surface area contributed by atoms with Crippen molar-refractivity contribution in [2.75, 3.05) is 12.4 Å². The molecule has 0 saturated carbocycles. The molecule has 0 aliphatic rings. The van der Waals surface area contributed by atoms with E-state index in [1.807, 2.05) is 30.3 Å². The summed E-state index contributed by atoms with van der Waals surface area (Å²) in [5.74, 6) is 1.13. The predicted molar refractivity (Wildman–Crippen MR) is 97.6 cm³/mol. The van der Waals surface area contributed by atoms with Crippen molar-refractivity contribution in [1.29, 1.82) is 0 Å². The minimum atomic E-state index is -0.149. The van der Waals surface area contributed by atoms with Crippen molar-refractivity contribution in [1.82, 2.24) is 30.0 Å². The minimum absolute atomic E-state index is 0.149. The number of rotatable bonds is 4. The second kappa shape index (κ2) is 6.60. The number of aromatic nitrogens is 5. The third-order valence-corrected chi connectivity index (χ3v) is 3.85. The molecule has 0 aliphatic carbocycles. The van der Waals surface area contributed by atoms with E-state index in [0.717, 1.165) is 11.1 Å². The third kappa shape index (κ3) is 2.84. The molecule has 0 saturated heterocycles. The fraction of sp³-hybridized carbons (Fsp3) is 0.0556. The van der Waals surface area contributed by atoms with Gasteiger partial charge in [-0.2, -0.15) is 9.78 Å². The summed E-state index contributed by atoms with van der Waals surface area (Å²) in [6, 6.07) is 12.8. The van der Waals surface area contributed by atoms with Crippen LogP contribution < -0.4 is 10.6 Å². The van der Waals surface area contributed by atoms with E-state index >= 15 is 0 Å². The van der Waals surface area contributed by atoms with E-state index in [1.54, 1.807) is 36.3 Å². The number of pyridine rings is 1. The van der Waals surface area contributed by atoms with Crippen molar-refractivity contribution in [2.24, 2.45) is 0 Å². The second-order valence-electron chi connectivity index (χ2n) is 5.49. The van der Waals surface area contributed by atoms with E-state index in [1.165, 1.54) is 6.33 Å². The molecule has 0 fully saturated rings. The summed E-state index contributed by atoms with van der Waals surface area (Å²) in [6.07, 6.45) is 4.86. The number of anilines is 2. The monoisotopic (exact) mass is 345 g/mol. The van der Waals surface area contributed by atoms with Crippen LogP contribution in [0.2, 0.25) is 0 Å². The van der Waals surface area contributed by atoms with Crippen LogP contribution in [-0.4, -0.2) is 37.7 Å². The standard InChI is InChI=1S/C18H15N7O/c1-19-18(26)12-5-4-6-13(9-12)24-16-14-10-23-25(17(14)22-11-21-16)15-7-2-3-8-20-15/h2-11H,1H3,(H,19,26)(H,21,22,24). The zero-order chi connectivity index (χ0) is 17.9. The van der Waals surface area contributed by atoms with Crippen molar-refractivity contribution >= 4 is 28.4 Å². The number of hydrogen-bond donors (Lipinski definition) is 2. The lowest BCUT2D eigenvalue weighted by Crippen LogP contribution is -2.17. The van der Waals surface area contributed by atoms with Crippen molar-refractivity contribution in [2.45, 2.75) is 0 Å². The van der Waals surface area contributed by atoms with Crippen LogP contribution in [0.15, 0.2) is 61.2 Å². The van der Waals surface area contributed by atoms with Crippen LogP contribution in [0.3, 0.4) is 0 Å². The van der Waals surface area contributed by atoms with E-state index in [9.17, 15) is 4.79 Å². The number of nitrogens with zero attached hydrogens (tertiary/aromatic N) is 5. The maximum absolute atomic E-state index is 11.8. The lowest BCUT2D eigenvalue weighted by Gasteiger charge is -2.08. The molecule has 1 aromatic carbocycles. The third-order valence-electron chi connectivity index (χ3n) is 3.85. The van der Waals surface area contributed by atoms with Gasteiger partial charge in [-0.1, -0.05) is 12.1 Å². The van der Waals surface area contributed by atoms with Crippen LogP contribution in [0.25, 0.3) is 16.9 Å². The highest BCUT2D eigenvalue weighted by Gasteiger charge is 2.12. The molecule has 0 spiro atoms. The second-order valence-corrected chi connectivity index (χ2v) is 5.49. The lowest BCUT2D eigenvalue weighted by atomic mass is 10.2. The van der Waals surface area contributed by atoms with Gasteiger partial charge in [-0.25, -0.2) is 15.0 Å². The van der Waals surface area contributed by atoms with Gasteiger partial charge in [-0.3, -0.25) is 4.79 Å². The Morgan fingerprint density at radius 2 is 2.00 bits per heavy atom. The molecule has 2 N–H and O–H groups in total. The maximum Gasteiger partial charge on any atom is 0.251 e. The fourth-order valence-electron chi connectivity index (χ4n) is 2.61. The molecule has 4 rings (SSSR count). The molecule has 128 valence electrons. The van der Waals surface area contributed by atoms with Crippen molar-refractivity contribution in [3.05, 3.63) is 66.7 Å². The van der Waals surface area contributed by atoms with Gasteiger partial charge in [0.2, 0.25) is 0 Å². The number of amides is 1. The average molecular weight is 345 g/mol. The first-order chi connectivity index (χ1) is 12.8. The summed E-state index contributed by atoms with van der Waals surface area (Å²) in [4.78, 5) is 24.7. The highest BCUT2D eigenvalue weighted by atomic mass is 16.1. The number of carbonyl (C=O) groups is 1. The van der Waals surface area contributed by atoms with Crippen molar-refractivity contribution < 1.29 is 4.79 Å². The zero-order valence-electron chi connectivity index (χ0n) is 13.9. The van der Waals surface area contributed by atoms with E-state index in [2.05, 4.69) is 30.7 Å². The number of nitrogens with one attached hydrogen (secondary N) is 2. The quantitative estimate of drug-likeness (QED) is 0.589. The molecule has 4 aromatic rings. The summed E-state index contributed by atoms with van der Waals surface area (Å²) in [6.45, 7) is 0. The molecular formula is C18H15N7O. The Morgan fingerprint density at radius 1 is 1.08 bits per heavy atom. The molecule has 0 bridgehead atoms. The molecule has 8 heteroatoms. The summed E-state index contributed by atoms with van der Waals surface area (Å²) in [5, 5.41) is 11.0. The first kappa shape index (κ1) is 15.7. The summed E-state index contributed by atoms with van der Waals surface area (Å²) in [5.41, 5.74) is 1.95. The van der Waals surface area contributed by atoms with Crippen molar-refractivity contribution in [3.63, 3.8) is 0 Å². The summed E-state index contributed by atoms with van der Waals surface area (Å²) < 4.78 is 1.66. The topological polar surface area (TPSA) is 97.6 Å². The van der Waals surface area contributed by atoms with Crippen LogP contribution in [0, 0.1) is 0 Å². The Hall–Kier alpha value is -3.81. The van der Waals surface area contributed by atoms with Gasteiger partial charge in [0.1, 0.15) is 12.1 Å². The lowest BCUT2D eigenvalue weighted by molar-refractivity contribution is 0.0963. The van der Waals surface area contributed by atoms with Gasteiger partial charge in [-0.15, -0.1) is 0 Å². The van der Waals surface area contributed by atoms with Gasteiger partial charge in [0, 0.05) is 24.5 Å². The molecule has 3 aromatic heterocycles. The van der Waals surface area contributed by atoms with E-state index in [-0.39, 0.29) is 5.91 Å². The number of fused-ring (bicyclic) bond motifs is 1. The Labute approximate surface area is 148 Å². The Kier molecular flexibility index (Phi) is 3.98. The Morgan fingerprint density at radius 3 is 2.81 bits per heavy atom.